The summed E-state index contributed by atoms with van der Waals surface area (Å²) in [4.78, 5) is 4.28. The fourth-order valence-corrected chi connectivity index (χ4v) is 2.05. The molecule has 0 amide bonds. The SMILES string of the molecule is C/C=C(\C=N/C(=N)c1ccc(OC)cc1OC)CC(C)(C)C. The molecular weight excluding hydrogens is 276 g/mol. The maximum atomic E-state index is 8.15. The number of ether oxygens (including phenoxy) is 2. The van der Waals surface area contributed by atoms with E-state index in [2.05, 4.69) is 25.8 Å². The van der Waals surface area contributed by atoms with Crippen LogP contribution in [0.2, 0.25) is 0 Å². The largest absolute Gasteiger partial charge is 0.497 e. The van der Waals surface area contributed by atoms with E-state index in [1.165, 1.54) is 0 Å². The molecule has 0 aliphatic rings. The Morgan fingerprint density at radius 1 is 1.23 bits per heavy atom. The molecule has 1 aromatic carbocycles. The first-order chi connectivity index (χ1) is 10.3. The number of hydrogen-bond donors (Lipinski definition) is 1. The summed E-state index contributed by atoms with van der Waals surface area (Å²) in [6.45, 7) is 8.54. The molecule has 0 spiro atoms. The van der Waals surface area contributed by atoms with E-state index in [9.17, 15) is 0 Å². The van der Waals surface area contributed by atoms with Gasteiger partial charge in [-0.2, -0.15) is 0 Å². The Hall–Kier alpha value is -2.10. The summed E-state index contributed by atoms with van der Waals surface area (Å²) in [5.41, 5.74) is 1.95. The van der Waals surface area contributed by atoms with Gasteiger partial charge in [0.25, 0.3) is 0 Å². The number of nitrogens with one attached hydrogen (secondary N) is 1. The molecule has 22 heavy (non-hydrogen) atoms. The molecule has 0 unspecified atom stereocenters. The third-order valence-corrected chi connectivity index (χ3v) is 3.13. The van der Waals surface area contributed by atoms with Crippen LogP contribution in [0, 0.1) is 10.8 Å². The molecule has 0 fully saturated rings. The van der Waals surface area contributed by atoms with Crippen molar-refractivity contribution in [2.75, 3.05) is 14.2 Å². The smallest absolute Gasteiger partial charge is 0.155 e. The topological polar surface area (TPSA) is 54.7 Å². The number of allylic oxidation sites excluding steroid dienone is 2. The van der Waals surface area contributed by atoms with Gasteiger partial charge in [-0.05, 0) is 36.5 Å². The fraction of sp³-hybridized carbons (Fsp3) is 0.444. The maximum absolute atomic E-state index is 8.15. The van der Waals surface area contributed by atoms with Crippen molar-refractivity contribution < 1.29 is 9.47 Å². The zero-order chi connectivity index (χ0) is 16.8. The van der Waals surface area contributed by atoms with E-state index in [0.29, 0.717) is 17.1 Å². The van der Waals surface area contributed by atoms with E-state index in [0.717, 1.165) is 12.0 Å². The Bertz CT molecular complexity index is 581. The Morgan fingerprint density at radius 3 is 2.41 bits per heavy atom. The number of methoxy groups -OCH3 is 2. The highest BCUT2D eigenvalue weighted by Gasteiger charge is 2.12. The van der Waals surface area contributed by atoms with Crippen LogP contribution >= 0.6 is 0 Å². The molecule has 0 heterocycles. The molecule has 0 atom stereocenters. The Balaban J connectivity index is 2.95. The highest BCUT2D eigenvalue weighted by Crippen LogP contribution is 2.26. The lowest BCUT2D eigenvalue weighted by molar-refractivity contribution is 0.394. The Labute approximate surface area is 133 Å². The van der Waals surface area contributed by atoms with Gasteiger partial charge >= 0.3 is 0 Å². The number of aliphatic imine (C=N–C) groups is 1. The van der Waals surface area contributed by atoms with Gasteiger partial charge in [0, 0.05) is 12.3 Å². The van der Waals surface area contributed by atoms with Crippen molar-refractivity contribution >= 4 is 12.1 Å². The zero-order valence-corrected chi connectivity index (χ0v) is 14.4. The maximum Gasteiger partial charge on any atom is 0.155 e. The van der Waals surface area contributed by atoms with Crippen LogP contribution in [-0.4, -0.2) is 26.3 Å². The van der Waals surface area contributed by atoms with Gasteiger partial charge in [-0.15, -0.1) is 0 Å². The highest BCUT2D eigenvalue weighted by molar-refractivity contribution is 6.05. The summed E-state index contributed by atoms with van der Waals surface area (Å²) >= 11 is 0. The number of benzene rings is 1. The predicted molar refractivity (Wildman–Crippen MR) is 92.7 cm³/mol. The van der Waals surface area contributed by atoms with Crippen LogP contribution in [0.4, 0.5) is 0 Å². The van der Waals surface area contributed by atoms with Gasteiger partial charge in [0.2, 0.25) is 0 Å². The monoisotopic (exact) mass is 302 g/mol. The third-order valence-electron chi connectivity index (χ3n) is 3.13. The lowest BCUT2D eigenvalue weighted by Gasteiger charge is -2.18. The summed E-state index contributed by atoms with van der Waals surface area (Å²) in [5, 5.41) is 8.15. The van der Waals surface area contributed by atoms with Crippen LogP contribution in [-0.2, 0) is 0 Å². The molecular formula is C18H26N2O2. The predicted octanol–water partition coefficient (Wildman–Crippen LogP) is 4.48. The summed E-state index contributed by atoms with van der Waals surface area (Å²) in [5.74, 6) is 1.45. The number of hydrogen-bond acceptors (Lipinski definition) is 3. The van der Waals surface area contributed by atoms with E-state index in [4.69, 9.17) is 14.9 Å². The van der Waals surface area contributed by atoms with Crippen molar-refractivity contribution in [1.82, 2.24) is 0 Å². The van der Waals surface area contributed by atoms with E-state index < -0.39 is 0 Å². The molecule has 1 aromatic rings. The van der Waals surface area contributed by atoms with Gasteiger partial charge in [-0.1, -0.05) is 26.8 Å². The molecule has 4 heteroatoms. The summed E-state index contributed by atoms with van der Waals surface area (Å²) in [6.07, 6.45) is 4.71. The normalized spacial score (nSPS) is 12.5. The van der Waals surface area contributed by atoms with E-state index in [-0.39, 0.29) is 11.3 Å². The first-order valence-corrected chi connectivity index (χ1v) is 7.31. The average Bonchev–Trinajstić information content (AvgIpc) is 2.49. The second-order valence-corrected chi connectivity index (χ2v) is 6.27. The van der Waals surface area contributed by atoms with Gasteiger partial charge in [0.15, 0.2) is 5.84 Å². The summed E-state index contributed by atoms with van der Waals surface area (Å²) < 4.78 is 10.5. The van der Waals surface area contributed by atoms with Crippen molar-refractivity contribution in [1.29, 1.82) is 5.41 Å². The van der Waals surface area contributed by atoms with Crippen molar-refractivity contribution in [3.63, 3.8) is 0 Å². The number of nitrogens with zero attached hydrogens (tertiary/aromatic N) is 1. The van der Waals surface area contributed by atoms with Crippen LogP contribution in [0.25, 0.3) is 0 Å². The molecule has 0 aliphatic heterocycles. The molecule has 0 aromatic heterocycles. The lowest BCUT2D eigenvalue weighted by atomic mass is 9.88. The molecule has 0 bridgehead atoms. The molecule has 1 rings (SSSR count). The molecule has 120 valence electrons. The molecule has 1 N–H and O–H groups in total. The van der Waals surface area contributed by atoms with Gasteiger partial charge in [-0.3, -0.25) is 5.41 Å². The van der Waals surface area contributed by atoms with Crippen LogP contribution in [0.5, 0.6) is 11.5 Å². The first-order valence-electron chi connectivity index (χ1n) is 7.31. The number of rotatable bonds is 5. The van der Waals surface area contributed by atoms with E-state index in [1.807, 2.05) is 13.0 Å². The third kappa shape index (κ3) is 5.35. The minimum absolute atomic E-state index is 0.174. The summed E-state index contributed by atoms with van der Waals surface area (Å²) in [6, 6.07) is 5.34. The molecule has 0 aliphatic carbocycles. The summed E-state index contributed by atoms with van der Waals surface area (Å²) in [7, 11) is 3.18. The highest BCUT2D eigenvalue weighted by atomic mass is 16.5. The zero-order valence-electron chi connectivity index (χ0n) is 14.4. The van der Waals surface area contributed by atoms with Crippen LogP contribution in [0.1, 0.15) is 39.7 Å². The van der Waals surface area contributed by atoms with E-state index >= 15 is 0 Å². The van der Waals surface area contributed by atoms with Crippen molar-refractivity contribution in [2.45, 2.75) is 34.1 Å². The minimum atomic E-state index is 0.174. The standard InChI is InChI=1S/C18H26N2O2/c1-7-13(11-18(2,3)4)12-20-17(19)15-9-8-14(21-5)10-16(15)22-6/h7-10,12,19H,11H2,1-6H3/b13-7-,19-17?,20-12-. The first kappa shape index (κ1) is 18.0. The fourth-order valence-electron chi connectivity index (χ4n) is 2.05. The minimum Gasteiger partial charge on any atom is -0.497 e. The van der Waals surface area contributed by atoms with E-state index in [1.54, 1.807) is 38.6 Å². The van der Waals surface area contributed by atoms with Gasteiger partial charge in [0.05, 0.1) is 19.8 Å². The van der Waals surface area contributed by atoms with Crippen LogP contribution in [0.3, 0.4) is 0 Å². The second-order valence-electron chi connectivity index (χ2n) is 6.27. The van der Waals surface area contributed by atoms with Crippen molar-refractivity contribution in [2.24, 2.45) is 10.4 Å². The lowest BCUT2D eigenvalue weighted by Crippen LogP contribution is -2.08. The van der Waals surface area contributed by atoms with Crippen LogP contribution < -0.4 is 9.47 Å². The average molecular weight is 302 g/mol. The molecule has 0 radical (unpaired) electrons. The molecule has 0 saturated carbocycles. The van der Waals surface area contributed by atoms with Gasteiger partial charge in [0.1, 0.15) is 11.5 Å². The van der Waals surface area contributed by atoms with Crippen LogP contribution in [0.15, 0.2) is 34.8 Å². The number of amidine groups is 1. The quantitative estimate of drug-likeness (QED) is 0.644. The van der Waals surface area contributed by atoms with Gasteiger partial charge < -0.3 is 9.47 Å². The Kier molecular flexibility index (Phi) is 6.35. The second kappa shape index (κ2) is 7.78. The van der Waals surface area contributed by atoms with Crippen molar-refractivity contribution in [3.8, 4) is 11.5 Å². The van der Waals surface area contributed by atoms with Crippen molar-refractivity contribution in [3.05, 3.63) is 35.4 Å². The van der Waals surface area contributed by atoms with Gasteiger partial charge in [-0.25, -0.2) is 4.99 Å². The Morgan fingerprint density at radius 2 is 1.91 bits per heavy atom. The molecule has 4 nitrogen and oxygen atoms in total. The molecule has 0 saturated heterocycles.